The minimum absolute atomic E-state index is 0.0695. The van der Waals surface area contributed by atoms with Crippen LogP contribution in [0.15, 0.2) is 0 Å². The van der Waals surface area contributed by atoms with Gasteiger partial charge < -0.3 is 4.43 Å². The molecule has 29 heavy (non-hydrogen) atoms. The lowest BCUT2D eigenvalue weighted by Gasteiger charge is -2.61. The zero-order valence-electron chi connectivity index (χ0n) is 19.6. The van der Waals surface area contributed by atoms with Gasteiger partial charge >= 0.3 is 0 Å². The summed E-state index contributed by atoms with van der Waals surface area (Å²) in [6.07, 6.45) is 9.01. The first-order valence-corrected chi connectivity index (χ1v) is 15.0. The normalized spacial score (nSPS) is 43.0. The predicted molar refractivity (Wildman–Crippen MR) is 119 cm³/mol. The Morgan fingerprint density at radius 2 is 1.72 bits per heavy atom. The Morgan fingerprint density at radius 3 is 2.41 bits per heavy atom. The van der Waals surface area contributed by atoms with Gasteiger partial charge in [-0.1, -0.05) is 27.7 Å². The molecule has 4 saturated carbocycles. The lowest BCUT2D eigenvalue weighted by Crippen LogP contribution is -2.58. The Morgan fingerprint density at radius 1 is 1.00 bits per heavy atom. The number of hydrogen-bond donors (Lipinski definition) is 0. The van der Waals surface area contributed by atoms with E-state index >= 15 is 0 Å². The number of rotatable bonds is 3. The SMILES string of the molecule is CC(C)(C)[Si](C)(C)OC[C@]12CCC(=O)C[C@H]1CC[C@@H]1C2CC[C@]2(C)C(=O)CCC12. The molecule has 0 spiro atoms. The first-order valence-electron chi connectivity index (χ1n) is 12.1. The van der Waals surface area contributed by atoms with Crippen LogP contribution in [0.3, 0.4) is 0 Å². The molecular formula is C25H42O3Si. The molecule has 0 amide bonds. The molecule has 6 atom stereocenters. The van der Waals surface area contributed by atoms with Gasteiger partial charge in [-0.25, -0.2) is 0 Å². The molecule has 0 radical (unpaired) electrons. The number of ketones is 2. The molecule has 4 rings (SSSR count). The van der Waals surface area contributed by atoms with Crippen molar-refractivity contribution in [2.24, 2.45) is 34.5 Å². The summed E-state index contributed by atoms with van der Waals surface area (Å²) in [7, 11) is -1.84. The average molecular weight is 419 g/mol. The van der Waals surface area contributed by atoms with Gasteiger partial charge in [-0.15, -0.1) is 0 Å². The van der Waals surface area contributed by atoms with Crippen molar-refractivity contribution in [3.8, 4) is 0 Å². The van der Waals surface area contributed by atoms with Crippen LogP contribution >= 0.6 is 0 Å². The van der Waals surface area contributed by atoms with E-state index in [9.17, 15) is 9.59 Å². The van der Waals surface area contributed by atoms with E-state index in [0.29, 0.717) is 35.2 Å². The lowest BCUT2D eigenvalue weighted by molar-refractivity contribution is -0.153. The minimum atomic E-state index is -1.84. The van der Waals surface area contributed by atoms with E-state index in [2.05, 4.69) is 40.8 Å². The molecule has 0 heterocycles. The summed E-state index contributed by atoms with van der Waals surface area (Å²) >= 11 is 0. The van der Waals surface area contributed by atoms with Crippen LogP contribution in [-0.2, 0) is 14.0 Å². The molecule has 4 heteroatoms. The lowest BCUT2D eigenvalue weighted by atomic mass is 9.45. The quantitative estimate of drug-likeness (QED) is 0.515. The monoisotopic (exact) mass is 418 g/mol. The van der Waals surface area contributed by atoms with Crippen molar-refractivity contribution in [3.05, 3.63) is 0 Å². The second-order valence-corrected chi connectivity index (χ2v) is 17.4. The van der Waals surface area contributed by atoms with E-state index < -0.39 is 8.32 Å². The molecule has 4 aliphatic rings. The molecular weight excluding hydrogens is 376 g/mol. The van der Waals surface area contributed by atoms with Crippen molar-refractivity contribution < 1.29 is 14.0 Å². The summed E-state index contributed by atoms with van der Waals surface area (Å²) in [4.78, 5) is 25.1. The van der Waals surface area contributed by atoms with Crippen LogP contribution in [0.25, 0.3) is 0 Å². The Balaban J connectivity index is 1.64. The topological polar surface area (TPSA) is 43.4 Å². The van der Waals surface area contributed by atoms with Gasteiger partial charge in [0, 0.05) is 31.3 Å². The summed E-state index contributed by atoms with van der Waals surface area (Å²) in [5.41, 5.74) is 0.0965. The maximum atomic E-state index is 12.7. The van der Waals surface area contributed by atoms with Crippen molar-refractivity contribution in [2.75, 3.05) is 6.61 Å². The van der Waals surface area contributed by atoms with Crippen LogP contribution in [-0.4, -0.2) is 26.5 Å². The third-order valence-corrected chi connectivity index (χ3v) is 14.9. The molecule has 4 fully saturated rings. The smallest absolute Gasteiger partial charge is 0.192 e. The first kappa shape index (κ1) is 21.7. The third-order valence-electron chi connectivity index (χ3n) is 10.4. The molecule has 0 N–H and O–H groups in total. The predicted octanol–water partition coefficient (Wildman–Crippen LogP) is 6.17. The molecule has 0 aliphatic heterocycles. The number of fused-ring (bicyclic) bond motifs is 5. The zero-order valence-corrected chi connectivity index (χ0v) is 20.6. The van der Waals surface area contributed by atoms with Crippen molar-refractivity contribution in [2.45, 2.75) is 104 Å². The largest absolute Gasteiger partial charge is 0.416 e. The van der Waals surface area contributed by atoms with Gasteiger partial charge in [0.15, 0.2) is 8.32 Å². The molecule has 4 aliphatic carbocycles. The number of carbonyl (C=O) groups excluding carboxylic acids is 2. The molecule has 164 valence electrons. The van der Waals surface area contributed by atoms with E-state index in [1.807, 2.05) is 0 Å². The molecule has 3 nitrogen and oxygen atoms in total. The fourth-order valence-electron chi connectivity index (χ4n) is 7.43. The highest BCUT2D eigenvalue weighted by molar-refractivity contribution is 6.74. The molecule has 0 bridgehead atoms. The minimum Gasteiger partial charge on any atom is -0.416 e. The van der Waals surface area contributed by atoms with Crippen LogP contribution in [0.5, 0.6) is 0 Å². The highest BCUT2D eigenvalue weighted by Crippen LogP contribution is 2.65. The molecule has 2 unspecified atom stereocenters. The van der Waals surface area contributed by atoms with Gasteiger partial charge in [-0.3, -0.25) is 9.59 Å². The van der Waals surface area contributed by atoms with Crippen LogP contribution in [0.2, 0.25) is 18.1 Å². The third kappa shape index (κ3) is 3.31. The fraction of sp³-hybridized carbons (Fsp3) is 0.920. The molecule has 0 aromatic carbocycles. The van der Waals surface area contributed by atoms with E-state index in [4.69, 9.17) is 4.43 Å². The van der Waals surface area contributed by atoms with Crippen LogP contribution < -0.4 is 0 Å². The van der Waals surface area contributed by atoms with Gasteiger partial charge in [0.2, 0.25) is 0 Å². The summed E-state index contributed by atoms with van der Waals surface area (Å²) in [6.45, 7) is 14.8. The molecule has 0 aromatic rings. The van der Waals surface area contributed by atoms with Gasteiger partial charge in [-0.2, -0.15) is 0 Å². The first-order chi connectivity index (χ1) is 13.4. The van der Waals surface area contributed by atoms with E-state index in [1.165, 1.54) is 6.42 Å². The average Bonchev–Trinajstić information content (AvgIpc) is 2.94. The number of carbonyl (C=O) groups is 2. The fourth-order valence-corrected chi connectivity index (χ4v) is 8.49. The number of hydrogen-bond acceptors (Lipinski definition) is 3. The van der Waals surface area contributed by atoms with Gasteiger partial charge in [-0.05, 0) is 85.7 Å². The van der Waals surface area contributed by atoms with E-state index in [0.717, 1.165) is 58.0 Å². The Bertz CT molecular complexity index is 693. The Kier molecular flexibility index (Phi) is 5.26. The summed E-state index contributed by atoms with van der Waals surface area (Å²) < 4.78 is 6.90. The highest BCUT2D eigenvalue weighted by atomic mass is 28.4. The van der Waals surface area contributed by atoms with Crippen LogP contribution in [0.4, 0.5) is 0 Å². The standard InChI is InChI=1S/C25H42O3Si/c1-23(2,3)29(5,6)28-16-25-14-11-18(26)15-17(25)7-8-19-20-9-10-22(27)24(20,4)13-12-21(19)25/h17,19-21H,7-16H2,1-6H3/t17-,19+,20?,21?,24+,25-/m1/s1. The van der Waals surface area contributed by atoms with Crippen LogP contribution in [0, 0.1) is 34.5 Å². The van der Waals surface area contributed by atoms with Crippen molar-refractivity contribution in [3.63, 3.8) is 0 Å². The van der Waals surface area contributed by atoms with Crippen molar-refractivity contribution >= 4 is 19.9 Å². The highest BCUT2D eigenvalue weighted by Gasteiger charge is 2.62. The van der Waals surface area contributed by atoms with Gasteiger partial charge in [0.1, 0.15) is 11.6 Å². The Hall–Kier alpha value is -0.483. The number of Topliss-reactive ketones (excluding diaryl/α,β-unsaturated/α-hetero) is 2. The van der Waals surface area contributed by atoms with Gasteiger partial charge in [0.25, 0.3) is 0 Å². The van der Waals surface area contributed by atoms with E-state index in [1.54, 1.807) is 0 Å². The van der Waals surface area contributed by atoms with Crippen molar-refractivity contribution in [1.29, 1.82) is 0 Å². The Labute approximate surface area is 178 Å². The van der Waals surface area contributed by atoms with Gasteiger partial charge in [0.05, 0.1) is 0 Å². The summed E-state index contributed by atoms with van der Waals surface area (Å²) in [6, 6.07) is 0. The second kappa shape index (κ2) is 7.02. The van der Waals surface area contributed by atoms with Crippen LogP contribution in [0.1, 0.15) is 85.5 Å². The molecule has 0 aromatic heterocycles. The zero-order chi connectivity index (χ0) is 21.2. The van der Waals surface area contributed by atoms with Crippen molar-refractivity contribution in [1.82, 2.24) is 0 Å². The summed E-state index contributed by atoms with van der Waals surface area (Å²) in [5, 5.41) is 0.209. The maximum absolute atomic E-state index is 12.7. The maximum Gasteiger partial charge on any atom is 0.192 e. The van der Waals surface area contributed by atoms with E-state index in [-0.39, 0.29) is 15.9 Å². The molecule has 0 saturated heterocycles. The summed E-state index contributed by atoms with van der Waals surface area (Å²) in [5.74, 6) is 3.35. The second-order valence-electron chi connectivity index (χ2n) is 12.6.